The monoisotopic (exact) mass is 416 g/mol. The molecule has 10 heteroatoms. The van der Waals surface area contributed by atoms with Gasteiger partial charge in [-0.15, -0.1) is 0 Å². The highest BCUT2D eigenvalue weighted by Gasteiger charge is 2.45. The van der Waals surface area contributed by atoms with Crippen LogP contribution in [0.2, 0.25) is 5.02 Å². The van der Waals surface area contributed by atoms with Gasteiger partial charge >= 0.3 is 5.97 Å². The van der Waals surface area contributed by atoms with Crippen LogP contribution in [0.15, 0.2) is 29.2 Å². The molecule has 0 unspecified atom stereocenters. The summed E-state index contributed by atoms with van der Waals surface area (Å²) in [4.78, 5) is 24.4. The molecule has 1 aromatic rings. The van der Waals surface area contributed by atoms with Crippen LogP contribution in [0.25, 0.3) is 0 Å². The molecule has 2 N–H and O–H groups in total. The number of amides is 1. The summed E-state index contributed by atoms with van der Waals surface area (Å²) in [5.74, 6) is -1.28. The first-order valence-corrected chi connectivity index (χ1v) is 10.5. The van der Waals surface area contributed by atoms with Crippen molar-refractivity contribution in [1.82, 2.24) is 9.62 Å². The van der Waals surface area contributed by atoms with Gasteiger partial charge in [0.1, 0.15) is 6.04 Å². The largest absolute Gasteiger partial charge is 0.451 e. The highest BCUT2D eigenvalue weighted by atomic mass is 35.5. The lowest BCUT2D eigenvalue weighted by atomic mass is 10.2. The first-order valence-electron chi connectivity index (χ1n) is 8.65. The van der Waals surface area contributed by atoms with Crippen LogP contribution in [-0.4, -0.2) is 60.5 Å². The second-order valence-electron chi connectivity index (χ2n) is 6.80. The Hall–Kier alpha value is -1.68. The summed E-state index contributed by atoms with van der Waals surface area (Å²) < 4.78 is 31.8. The molecule has 1 saturated heterocycles. The third-order valence-corrected chi connectivity index (χ3v) is 6.65. The van der Waals surface area contributed by atoms with Gasteiger partial charge in [-0.3, -0.25) is 9.59 Å². The van der Waals surface area contributed by atoms with E-state index in [4.69, 9.17) is 16.3 Å². The average Bonchev–Trinajstić information content (AvgIpc) is 3.33. The molecule has 0 aromatic heterocycles. The summed E-state index contributed by atoms with van der Waals surface area (Å²) in [5, 5.41) is 13.0. The van der Waals surface area contributed by atoms with E-state index in [1.807, 2.05) is 0 Å². The Bertz CT molecular complexity index is 824. The molecule has 148 valence electrons. The van der Waals surface area contributed by atoms with E-state index in [-0.39, 0.29) is 23.9 Å². The van der Waals surface area contributed by atoms with Crippen molar-refractivity contribution < 1.29 is 27.9 Å². The Morgan fingerprint density at radius 3 is 2.52 bits per heavy atom. The van der Waals surface area contributed by atoms with Crippen LogP contribution in [0.3, 0.4) is 0 Å². The van der Waals surface area contributed by atoms with Crippen molar-refractivity contribution in [2.24, 2.45) is 0 Å². The second-order valence-corrected chi connectivity index (χ2v) is 9.12. The third-order valence-electron chi connectivity index (χ3n) is 4.51. The first kappa shape index (κ1) is 20.1. The average molecular weight is 417 g/mol. The molecule has 0 bridgehead atoms. The maximum absolute atomic E-state index is 12.9. The molecule has 2 aliphatic rings. The van der Waals surface area contributed by atoms with Crippen molar-refractivity contribution >= 4 is 33.5 Å². The minimum atomic E-state index is -4.03. The lowest BCUT2D eigenvalue weighted by Gasteiger charge is -2.24. The van der Waals surface area contributed by atoms with Crippen molar-refractivity contribution in [2.75, 3.05) is 6.54 Å². The molecule has 1 heterocycles. The van der Waals surface area contributed by atoms with Gasteiger partial charge in [-0.05, 0) is 44.0 Å². The molecule has 0 radical (unpaired) electrons. The Balaban J connectivity index is 1.73. The zero-order valence-electron chi connectivity index (χ0n) is 14.7. The standard InChI is InChI=1S/C17H21ClN2O6S/c1-10(16(22)19-12-4-5-12)26-17(23)15-8-13(21)9-20(15)27(24,25)14-6-2-11(18)3-7-14/h2-3,6-7,10,12-13,15,21H,4-5,8-9H2,1H3,(H,19,22)/t10-,13+,15-/m0/s1. The summed E-state index contributed by atoms with van der Waals surface area (Å²) in [7, 11) is -4.03. The van der Waals surface area contributed by atoms with Crippen molar-refractivity contribution in [3.05, 3.63) is 29.3 Å². The van der Waals surface area contributed by atoms with E-state index < -0.39 is 40.1 Å². The number of aliphatic hydroxyl groups is 1. The number of hydrogen-bond acceptors (Lipinski definition) is 6. The molecule has 0 spiro atoms. The Labute approximate surface area is 162 Å². The second kappa shape index (κ2) is 7.75. The zero-order chi connectivity index (χ0) is 19.8. The Kier molecular flexibility index (Phi) is 5.76. The van der Waals surface area contributed by atoms with E-state index in [1.54, 1.807) is 0 Å². The molecule has 1 aliphatic heterocycles. The summed E-state index contributed by atoms with van der Waals surface area (Å²) in [6.07, 6.45) is -0.346. The SMILES string of the molecule is C[C@H](OC(=O)[C@@H]1C[C@@H](O)CN1S(=O)(=O)c1ccc(Cl)cc1)C(=O)NC1CC1. The van der Waals surface area contributed by atoms with E-state index in [0.29, 0.717) is 5.02 Å². The fourth-order valence-corrected chi connectivity index (χ4v) is 4.61. The molecule has 2 fully saturated rings. The van der Waals surface area contributed by atoms with Crippen LogP contribution in [0.1, 0.15) is 26.2 Å². The molecule has 1 saturated carbocycles. The molecule has 3 atom stereocenters. The molecule has 8 nitrogen and oxygen atoms in total. The number of halogens is 1. The highest BCUT2D eigenvalue weighted by Crippen LogP contribution is 2.28. The molecule has 1 aliphatic carbocycles. The number of benzene rings is 1. The van der Waals surface area contributed by atoms with Crippen LogP contribution < -0.4 is 5.32 Å². The maximum atomic E-state index is 12.9. The van der Waals surface area contributed by atoms with Crippen molar-refractivity contribution in [3.8, 4) is 0 Å². The molecular formula is C17H21ClN2O6S. The number of carbonyl (C=O) groups is 2. The van der Waals surface area contributed by atoms with E-state index in [0.717, 1.165) is 17.1 Å². The van der Waals surface area contributed by atoms with Gasteiger partial charge in [0, 0.05) is 24.0 Å². The quantitative estimate of drug-likeness (QED) is 0.659. The Morgan fingerprint density at radius 2 is 1.93 bits per heavy atom. The van der Waals surface area contributed by atoms with Gasteiger partial charge in [0.15, 0.2) is 6.10 Å². The summed E-state index contributed by atoms with van der Waals surface area (Å²) in [5.41, 5.74) is 0. The van der Waals surface area contributed by atoms with Crippen LogP contribution in [-0.2, 0) is 24.3 Å². The van der Waals surface area contributed by atoms with E-state index in [1.165, 1.54) is 31.2 Å². The number of aliphatic hydroxyl groups excluding tert-OH is 1. The number of ether oxygens (including phenoxy) is 1. The van der Waals surface area contributed by atoms with Gasteiger partial charge in [-0.1, -0.05) is 11.6 Å². The number of nitrogens with zero attached hydrogens (tertiary/aromatic N) is 1. The molecular weight excluding hydrogens is 396 g/mol. The number of hydrogen-bond donors (Lipinski definition) is 2. The molecule has 27 heavy (non-hydrogen) atoms. The summed E-state index contributed by atoms with van der Waals surface area (Å²) in [6.45, 7) is 1.20. The number of esters is 1. The molecule has 1 amide bonds. The predicted octanol–water partition coefficient (Wildman–Crippen LogP) is 0.674. The lowest BCUT2D eigenvalue weighted by molar-refractivity contribution is -0.158. The zero-order valence-corrected chi connectivity index (χ0v) is 16.2. The number of β-amino-alcohol motifs (C(OH)–C–C–N with tert-alkyl or cyclic N) is 1. The lowest BCUT2D eigenvalue weighted by Crippen LogP contribution is -2.44. The molecule has 3 rings (SSSR count). The van der Waals surface area contributed by atoms with Gasteiger partial charge in [0.05, 0.1) is 11.0 Å². The van der Waals surface area contributed by atoms with Gasteiger partial charge in [-0.25, -0.2) is 8.42 Å². The van der Waals surface area contributed by atoms with Gasteiger partial charge < -0.3 is 15.2 Å². The minimum Gasteiger partial charge on any atom is -0.451 e. The fourth-order valence-electron chi connectivity index (χ4n) is 2.86. The number of carbonyl (C=O) groups excluding carboxylic acids is 2. The third kappa shape index (κ3) is 4.60. The van der Waals surface area contributed by atoms with E-state index in [9.17, 15) is 23.1 Å². The van der Waals surface area contributed by atoms with Crippen molar-refractivity contribution in [2.45, 2.75) is 55.4 Å². The van der Waals surface area contributed by atoms with Crippen LogP contribution in [0.4, 0.5) is 0 Å². The van der Waals surface area contributed by atoms with Gasteiger partial charge in [0.2, 0.25) is 10.0 Å². The van der Waals surface area contributed by atoms with E-state index in [2.05, 4.69) is 5.32 Å². The first-order chi connectivity index (χ1) is 12.7. The maximum Gasteiger partial charge on any atom is 0.325 e. The Morgan fingerprint density at radius 1 is 1.30 bits per heavy atom. The topological polar surface area (TPSA) is 113 Å². The van der Waals surface area contributed by atoms with E-state index >= 15 is 0 Å². The van der Waals surface area contributed by atoms with Crippen LogP contribution in [0, 0.1) is 0 Å². The summed E-state index contributed by atoms with van der Waals surface area (Å²) >= 11 is 5.79. The fraction of sp³-hybridized carbons (Fsp3) is 0.529. The predicted molar refractivity (Wildman–Crippen MR) is 96.5 cm³/mol. The normalized spacial score (nSPS) is 24.4. The van der Waals surface area contributed by atoms with Crippen LogP contribution >= 0.6 is 11.6 Å². The van der Waals surface area contributed by atoms with Crippen molar-refractivity contribution in [3.63, 3.8) is 0 Å². The smallest absolute Gasteiger partial charge is 0.325 e. The van der Waals surface area contributed by atoms with Gasteiger partial charge in [-0.2, -0.15) is 4.31 Å². The van der Waals surface area contributed by atoms with Crippen LogP contribution in [0.5, 0.6) is 0 Å². The summed E-state index contributed by atoms with van der Waals surface area (Å²) in [6, 6.07) is 4.44. The van der Waals surface area contributed by atoms with Gasteiger partial charge in [0.25, 0.3) is 5.91 Å². The minimum absolute atomic E-state index is 0.0432. The molecule has 1 aromatic carbocycles. The highest BCUT2D eigenvalue weighted by molar-refractivity contribution is 7.89. The number of nitrogens with one attached hydrogen (secondary N) is 1. The number of rotatable bonds is 6. The number of sulfonamides is 1. The van der Waals surface area contributed by atoms with Crippen molar-refractivity contribution in [1.29, 1.82) is 0 Å².